The molecule has 3 N–H and O–H groups in total. The summed E-state index contributed by atoms with van der Waals surface area (Å²) in [6, 6.07) is 18.1. The number of carboxylic acids is 2. The van der Waals surface area contributed by atoms with Crippen LogP contribution in [0.1, 0.15) is 18.7 Å². The Bertz CT molecular complexity index is 1190. The Balaban J connectivity index is 0.000000568. The van der Waals surface area contributed by atoms with Gasteiger partial charge in [-0.1, -0.05) is 36.4 Å². The predicted octanol–water partition coefficient (Wildman–Crippen LogP) is 2.79. The molecule has 196 valence electrons. The van der Waals surface area contributed by atoms with E-state index < -0.39 is 11.9 Å². The van der Waals surface area contributed by atoms with Crippen molar-refractivity contribution in [2.45, 2.75) is 26.0 Å². The lowest BCUT2D eigenvalue weighted by atomic mass is 9.96. The van der Waals surface area contributed by atoms with Gasteiger partial charge in [-0.25, -0.2) is 14.6 Å². The molecule has 10 nitrogen and oxygen atoms in total. The number of nitrogens with one attached hydrogen (secondary N) is 1. The largest absolute Gasteiger partial charge is 0.486 e. The van der Waals surface area contributed by atoms with Gasteiger partial charge in [-0.2, -0.15) is 0 Å². The van der Waals surface area contributed by atoms with Gasteiger partial charge in [0.15, 0.2) is 0 Å². The first-order chi connectivity index (χ1) is 17.9. The maximum Gasteiger partial charge on any atom is 0.414 e. The first-order valence-corrected chi connectivity index (χ1v) is 12.1. The van der Waals surface area contributed by atoms with E-state index in [0.717, 1.165) is 55.1 Å². The van der Waals surface area contributed by atoms with Crippen molar-refractivity contribution < 1.29 is 29.3 Å². The molecular weight excluding hydrogens is 476 g/mol. The zero-order valence-electron chi connectivity index (χ0n) is 20.6. The normalized spacial score (nSPS) is 13.8. The summed E-state index contributed by atoms with van der Waals surface area (Å²) in [6.45, 7) is 7.87. The van der Waals surface area contributed by atoms with Crippen molar-refractivity contribution in [2.24, 2.45) is 5.92 Å². The van der Waals surface area contributed by atoms with Crippen molar-refractivity contribution in [3.8, 4) is 5.75 Å². The average Bonchev–Trinajstić information content (AvgIpc) is 3.25. The topological polar surface area (TPSA) is 134 Å². The number of carbonyl (C=O) groups excluding carboxylic acids is 1. The number of ether oxygens (including phenoxy) is 1. The SMILES string of the molecule is C=CCNC(=O)CN1CCC(Cn2c(COc3ccccc3)nc3ccccc32)CC1.O=C(O)C(=O)O. The fourth-order valence-corrected chi connectivity index (χ4v) is 4.13. The molecule has 2 heterocycles. The number of likely N-dealkylation sites (tertiary alicyclic amines) is 1. The first-order valence-electron chi connectivity index (χ1n) is 12.1. The number of para-hydroxylation sites is 3. The molecule has 1 aliphatic rings. The van der Waals surface area contributed by atoms with Crippen LogP contribution < -0.4 is 10.1 Å². The monoisotopic (exact) mass is 508 g/mol. The summed E-state index contributed by atoms with van der Waals surface area (Å²) in [5.74, 6) is -1.22. The van der Waals surface area contributed by atoms with E-state index in [-0.39, 0.29) is 5.91 Å². The molecule has 1 fully saturated rings. The quantitative estimate of drug-likeness (QED) is 0.297. The fourth-order valence-electron chi connectivity index (χ4n) is 4.13. The standard InChI is InChI=1S/C25H30N4O2.C2H2O4/c1-2-14-26-25(30)18-28-15-12-20(13-16-28)17-29-23-11-7-6-10-22(23)27-24(29)19-31-21-8-4-3-5-9-21;3-1(4)2(5)6/h2-11,20H,1,12-19H2,(H,26,30);(H,3,4)(H,5,6). The summed E-state index contributed by atoms with van der Waals surface area (Å²) < 4.78 is 8.32. The predicted molar refractivity (Wildman–Crippen MR) is 138 cm³/mol. The maximum absolute atomic E-state index is 12.0. The molecule has 0 saturated carbocycles. The van der Waals surface area contributed by atoms with Gasteiger partial charge < -0.3 is 24.8 Å². The van der Waals surface area contributed by atoms with Crippen molar-refractivity contribution in [1.82, 2.24) is 19.8 Å². The summed E-state index contributed by atoms with van der Waals surface area (Å²) in [7, 11) is 0. The Morgan fingerprint density at radius 2 is 1.68 bits per heavy atom. The van der Waals surface area contributed by atoms with Gasteiger partial charge in [-0.3, -0.25) is 9.69 Å². The number of imidazole rings is 1. The van der Waals surface area contributed by atoms with Crippen LogP contribution in [0, 0.1) is 5.92 Å². The number of nitrogens with zero attached hydrogens (tertiary/aromatic N) is 3. The molecule has 0 spiro atoms. The van der Waals surface area contributed by atoms with Crippen LogP contribution in [-0.2, 0) is 27.5 Å². The average molecular weight is 509 g/mol. The van der Waals surface area contributed by atoms with Crippen LogP contribution >= 0.6 is 0 Å². The van der Waals surface area contributed by atoms with Gasteiger partial charge in [0, 0.05) is 13.1 Å². The van der Waals surface area contributed by atoms with Crippen molar-refractivity contribution in [1.29, 1.82) is 0 Å². The molecule has 1 amide bonds. The van der Waals surface area contributed by atoms with Crippen LogP contribution in [-0.4, -0.2) is 68.7 Å². The third-order valence-corrected chi connectivity index (χ3v) is 5.99. The molecule has 4 rings (SSSR count). The molecule has 0 unspecified atom stereocenters. The minimum absolute atomic E-state index is 0.0688. The highest BCUT2D eigenvalue weighted by Gasteiger charge is 2.23. The molecule has 0 bridgehead atoms. The number of carboxylic acid groups (broad SMARTS) is 2. The molecule has 1 saturated heterocycles. The van der Waals surface area contributed by atoms with Gasteiger partial charge in [-0.05, 0) is 56.1 Å². The molecule has 3 aromatic rings. The van der Waals surface area contributed by atoms with Crippen molar-refractivity contribution >= 4 is 28.9 Å². The summed E-state index contributed by atoms with van der Waals surface area (Å²) in [5.41, 5.74) is 2.16. The summed E-state index contributed by atoms with van der Waals surface area (Å²) >= 11 is 0. The number of benzene rings is 2. The Kier molecular flexibility index (Phi) is 10.2. The van der Waals surface area contributed by atoms with Crippen LogP contribution in [0.5, 0.6) is 5.75 Å². The van der Waals surface area contributed by atoms with Gasteiger partial charge >= 0.3 is 11.9 Å². The van der Waals surface area contributed by atoms with Crippen molar-refractivity contribution in [3.63, 3.8) is 0 Å². The van der Waals surface area contributed by atoms with Crippen LogP contribution in [0.15, 0.2) is 67.3 Å². The van der Waals surface area contributed by atoms with Crippen molar-refractivity contribution in [2.75, 3.05) is 26.2 Å². The minimum Gasteiger partial charge on any atom is -0.486 e. The zero-order chi connectivity index (χ0) is 26.6. The summed E-state index contributed by atoms with van der Waals surface area (Å²) in [4.78, 5) is 37.2. The van der Waals surface area contributed by atoms with Crippen LogP contribution in [0.3, 0.4) is 0 Å². The number of rotatable bonds is 9. The molecule has 37 heavy (non-hydrogen) atoms. The van der Waals surface area contributed by atoms with Gasteiger partial charge in [-0.15, -0.1) is 6.58 Å². The second kappa shape index (κ2) is 13.8. The number of aromatic nitrogens is 2. The lowest BCUT2D eigenvalue weighted by molar-refractivity contribution is -0.159. The lowest BCUT2D eigenvalue weighted by Crippen LogP contribution is -2.42. The fraction of sp³-hybridized carbons (Fsp3) is 0.333. The van der Waals surface area contributed by atoms with Crippen LogP contribution in [0.25, 0.3) is 11.0 Å². The second-order valence-electron chi connectivity index (χ2n) is 8.65. The molecule has 1 aromatic heterocycles. The highest BCUT2D eigenvalue weighted by atomic mass is 16.5. The van der Waals surface area contributed by atoms with Crippen LogP contribution in [0.2, 0.25) is 0 Å². The summed E-state index contributed by atoms with van der Waals surface area (Å²) in [5, 5.41) is 17.6. The van der Waals surface area contributed by atoms with Gasteiger partial charge in [0.05, 0.1) is 17.6 Å². The van der Waals surface area contributed by atoms with Gasteiger partial charge in [0.1, 0.15) is 18.2 Å². The number of amides is 1. The Labute approximate surface area is 215 Å². The van der Waals surface area contributed by atoms with E-state index in [0.29, 0.717) is 25.6 Å². The van der Waals surface area contributed by atoms with E-state index in [1.165, 1.54) is 0 Å². The molecule has 0 atom stereocenters. The second-order valence-corrected chi connectivity index (χ2v) is 8.65. The Morgan fingerprint density at radius 1 is 1.03 bits per heavy atom. The maximum atomic E-state index is 12.0. The highest BCUT2D eigenvalue weighted by molar-refractivity contribution is 6.27. The van der Waals surface area contributed by atoms with Gasteiger partial charge in [0.25, 0.3) is 0 Å². The number of piperidine rings is 1. The van der Waals surface area contributed by atoms with E-state index in [2.05, 4.69) is 39.6 Å². The van der Waals surface area contributed by atoms with E-state index in [1.807, 2.05) is 36.4 Å². The number of carbonyl (C=O) groups is 3. The van der Waals surface area contributed by atoms with Gasteiger partial charge in [0.2, 0.25) is 5.91 Å². The van der Waals surface area contributed by atoms with E-state index in [1.54, 1.807) is 6.08 Å². The number of hydrogen-bond donors (Lipinski definition) is 3. The molecule has 0 aliphatic carbocycles. The minimum atomic E-state index is -1.82. The molecule has 1 aliphatic heterocycles. The Morgan fingerprint density at radius 3 is 2.32 bits per heavy atom. The number of hydrogen-bond acceptors (Lipinski definition) is 6. The third kappa shape index (κ3) is 8.46. The van der Waals surface area contributed by atoms with Crippen LogP contribution in [0.4, 0.5) is 0 Å². The van der Waals surface area contributed by atoms with E-state index >= 15 is 0 Å². The highest BCUT2D eigenvalue weighted by Crippen LogP contribution is 2.24. The molecule has 0 radical (unpaired) electrons. The summed E-state index contributed by atoms with van der Waals surface area (Å²) in [6.07, 6.45) is 3.85. The van der Waals surface area contributed by atoms with E-state index in [4.69, 9.17) is 29.5 Å². The smallest absolute Gasteiger partial charge is 0.414 e. The number of fused-ring (bicyclic) bond motifs is 1. The first kappa shape index (κ1) is 27.4. The Hall–Kier alpha value is -4.18. The third-order valence-electron chi connectivity index (χ3n) is 5.99. The van der Waals surface area contributed by atoms with E-state index in [9.17, 15) is 4.79 Å². The number of aliphatic carboxylic acids is 2. The molecular formula is C27H32N4O6. The molecule has 10 heteroatoms. The molecule has 2 aromatic carbocycles. The lowest BCUT2D eigenvalue weighted by Gasteiger charge is -2.32. The zero-order valence-corrected chi connectivity index (χ0v) is 20.6. The van der Waals surface area contributed by atoms with Crippen molar-refractivity contribution in [3.05, 3.63) is 73.1 Å².